The van der Waals surface area contributed by atoms with Gasteiger partial charge in [0.2, 0.25) is 23.5 Å². The minimum absolute atomic E-state index is 0.0587. The van der Waals surface area contributed by atoms with Gasteiger partial charge in [0.05, 0.1) is 22.5 Å². The van der Waals surface area contributed by atoms with Crippen LogP contribution in [0.3, 0.4) is 0 Å². The van der Waals surface area contributed by atoms with E-state index >= 15 is 0 Å². The monoisotopic (exact) mass is 483 g/mol. The van der Waals surface area contributed by atoms with Crippen molar-refractivity contribution in [2.24, 2.45) is 11.7 Å². The molecule has 12 nitrogen and oxygen atoms in total. The quantitative estimate of drug-likeness (QED) is 0.0662. The first-order valence-corrected chi connectivity index (χ1v) is 11.4. The normalized spacial score (nSPS) is 13.3. The number of rotatable bonds is 16. The molecule has 0 heterocycles. The second-order valence-corrected chi connectivity index (χ2v) is 8.62. The van der Waals surface area contributed by atoms with E-state index in [1.807, 2.05) is 0 Å². The molecule has 12 heteroatoms. The van der Waals surface area contributed by atoms with Crippen molar-refractivity contribution in [1.29, 1.82) is 5.53 Å². The Bertz CT molecular complexity index is 763. The zero-order valence-electron chi connectivity index (χ0n) is 20.7. The number of ketones is 1. The van der Waals surface area contributed by atoms with E-state index in [0.717, 1.165) is 6.21 Å². The SMILES string of the molecule is CC(=O)NCCCC[C@H](NC(=O)[C@@H](N)C(C)C)C(=O)N[C@@H](CCC(=O)C=[N+]=N)C(=O)OC(C)C. The molecule has 34 heavy (non-hydrogen) atoms. The molecule has 0 saturated heterocycles. The van der Waals surface area contributed by atoms with Crippen LogP contribution in [-0.2, 0) is 28.7 Å². The fourth-order valence-electron chi connectivity index (χ4n) is 2.84. The molecule has 0 aromatic rings. The van der Waals surface area contributed by atoms with E-state index in [-0.39, 0.29) is 31.1 Å². The zero-order valence-corrected chi connectivity index (χ0v) is 20.7. The summed E-state index contributed by atoms with van der Waals surface area (Å²) in [5, 5.41) is 7.87. The van der Waals surface area contributed by atoms with Crippen molar-refractivity contribution in [3.8, 4) is 0 Å². The number of carbonyl (C=O) groups is 5. The van der Waals surface area contributed by atoms with Gasteiger partial charge in [-0.2, -0.15) is 0 Å². The lowest BCUT2D eigenvalue weighted by Gasteiger charge is -2.25. The first kappa shape index (κ1) is 30.9. The van der Waals surface area contributed by atoms with E-state index in [1.54, 1.807) is 27.7 Å². The predicted octanol–water partition coefficient (Wildman–Crippen LogP) is -0.143. The Kier molecular flexibility index (Phi) is 15.0. The maximum Gasteiger partial charge on any atom is 0.372 e. The van der Waals surface area contributed by atoms with Gasteiger partial charge in [-0.3, -0.25) is 19.2 Å². The summed E-state index contributed by atoms with van der Waals surface area (Å²) in [6.07, 6.45) is 1.52. The van der Waals surface area contributed by atoms with E-state index in [2.05, 4.69) is 20.7 Å². The fraction of sp³-hybridized carbons (Fsp3) is 0.727. The smallest absolute Gasteiger partial charge is 0.372 e. The number of Topliss-reactive ketones (excluding diaryl/α,β-unsaturated/α-hetero) is 1. The van der Waals surface area contributed by atoms with Crippen molar-refractivity contribution in [2.45, 2.75) is 91.0 Å². The number of esters is 1. The second-order valence-electron chi connectivity index (χ2n) is 8.62. The molecule has 0 radical (unpaired) electrons. The number of hydrogen-bond acceptors (Lipinski definition) is 8. The Morgan fingerprint density at radius 2 is 1.59 bits per heavy atom. The molecule has 0 aliphatic rings. The van der Waals surface area contributed by atoms with Crippen molar-refractivity contribution in [3.05, 3.63) is 0 Å². The minimum Gasteiger partial charge on any atom is -0.461 e. The van der Waals surface area contributed by atoms with E-state index in [0.29, 0.717) is 19.4 Å². The summed E-state index contributed by atoms with van der Waals surface area (Å²) in [5.74, 6) is -2.62. The summed E-state index contributed by atoms with van der Waals surface area (Å²) < 4.78 is 5.19. The van der Waals surface area contributed by atoms with Gasteiger partial charge in [-0.1, -0.05) is 13.8 Å². The molecule has 192 valence electrons. The van der Waals surface area contributed by atoms with E-state index in [9.17, 15) is 24.0 Å². The van der Waals surface area contributed by atoms with Crippen LogP contribution in [0, 0.1) is 11.4 Å². The number of hydrogen-bond donors (Lipinski definition) is 5. The van der Waals surface area contributed by atoms with Gasteiger partial charge in [0.15, 0.2) is 0 Å². The van der Waals surface area contributed by atoms with E-state index < -0.39 is 47.8 Å². The Labute approximate surface area is 200 Å². The minimum atomic E-state index is -1.13. The lowest BCUT2D eigenvalue weighted by molar-refractivity contribution is -0.152. The third-order valence-corrected chi connectivity index (χ3v) is 4.79. The van der Waals surface area contributed by atoms with Crippen LogP contribution in [-0.4, -0.2) is 71.3 Å². The van der Waals surface area contributed by atoms with Gasteiger partial charge in [0, 0.05) is 19.9 Å². The second kappa shape index (κ2) is 16.5. The number of nitrogens with zero attached hydrogens (tertiary/aromatic N) is 1. The van der Waals surface area contributed by atoms with Crippen LogP contribution < -0.4 is 21.7 Å². The number of ether oxygens (including phenoxy) is 1. The third kappa shape index (κ3) is 13.4. The summed E-state index contributed by atoms with van der Waals surface area (Å²) >= 11 is 0. The van der Waals surface area contributed by atoms with Crippen molar-refractivity contribution in [1.82, 2.24) is 16.0 Å². The van der Waals surface area contributed by atoms with Crippen molar-refractivity contribution >= 4 is 35.7 Å². The number of amides is 3. The first-order chi connectivity index (χ1) is 15.9. The van der Waals surface area contributed by atoms with Crippen LogP contribution in [0.25, 0.3) is 0 Å². The molecule has 0 bridgehead atoms. The zero-order chi connectivity index (χ0) is 26.3. The first-order valence-electron chi connectivity index (χ1n) is 11.4. The number of nitrogens with two attached hydrogens (primary N) is 1. The Morgan fingerprint density at radius 1 is 0.971 bits per heavy atom. The summed E-state index contributed by atoms with van der Waals surface area (Å²) in [4.78, 5) is 63.6. The lowest BCUT2D eigenvalue weighted by atomic mass is 10.0. The van der Waals surface area contributed by atoms with Gasteiger partial charge in [-0.25, -0.2) is 4.79 Å². The Morgan fingerprint density at radius 3 is 2.12 bits per heavy atom. The largest absolute Gasteiger partial charge is 0.461 e. The van der Waals surface area contributed by atoms with Crippen LogP contribution in [0.15, 0.2) is 0 Å². The molecule has 0 aliphatic carbocycles. The highest BCUT2D eigenvalue weighted by Crippen LogP contribution is 2.08. The van der Waals surface area contributed by atoms with E-state index in [1.165, 1.54) is 6.92 Å². The van der Waals surface area contributed by atoms with Gasteiger partial charge in [-0.05, 0) is 45.4 Å². The summed E-state index contributed by atoms with van der Waals surface area (Å²) in [6, 6.07) is -2.93. The summed E-state index contributed by atoms with van der Waals surface area (Å²) in [5.41, 5.74) is 12.6. The molecular formula is C22H39N6O6+. The van der Waals surface area contributed by atoms with Crippen LogP contribution in [0.4, 0.5) is 0 Å². The number of nitrogens with one attached hydrogen (secondary N) is 4. The average molecular weight is 484 g/mol. The molecule has 0 spiro atoms. The van der Waals surface area contributed by atoms with Crippen molar-refractivity contribution in [3.63, 3.8) is 0 Å². The molecule has 0 aliphatic heterocycles. The van der Waals surface area contributed by atoms with Crippen molar-refractivity contribution in [2.75, 3.05) is 6.54 Å². The van der Waals surface area contributed by atoms with Gasteiger partial charge in [0.1, 0.15) is 12.1 Å². The molecule has 0 unspecified atom stereocenters. The number of unbranched alkanes of at least 4 members (excludes halogenated alkanes) is 1. The van der Waals surface area contributed by atoms with Gasteiger partial charge in [-0.15, -0.1) is 0 Å². The third-order valence-electron chi connectivity index (χ3n) is 4.79. The maximum atomic E-state index is 13.0. The molecule has 0 aromatic heterocycles. The molecule has 0 rings (SSSR count). The standard InChI is InChI=1S/C22H38N6O6/c1-13(2)19(23)21(32)27-17(8-6-7-11-25-15(5)29)20(31)28-18(22(33)34-14(3)4)10-9-16(30)12-26-24/h12-14,17-19,24H,6-11,23H2,1-5H3,(H2-,25,27,28,29,31,32)/p+1/t17-,18-,19-/m0/s1. The average Bonchev–Trinajstić information content (AvgIpc) is 2.73. The Hall–Kier alpha value is -3.11. The highest BCUT2D eigenvalue weighted by Gasteiger charge is 2.30. The summed E-state index contributed by atoms with van der Waals surface area (Å²) in [7, 11) is 0. The van der Waals surface area contributed by atoms with Crippen LogP contribution in [0.2, 0.25) is 0 Å². The van der Waals surface area contributed by atoms with Gasteiger partial charge < -0.3 is 26.4 Å². The van der Waals surface area contributed by atoms with Gasteiger partial charge >= 0.3 is 12.2 Å². The Balaban J connectivity index is 5.42. The van der Waals surface area contributed by atoms with E-state index in [4.69, 9.17) is 16.0 Å². The molecule has 0 saturated carbocycles. The highest BCUT2D eigenvalue weighted by molar-refractivity contribution is 6.25. The topological polar surface area (TPSA) is 195 Å². The van der Waals surface area contributed by atoms with Crippen LogP contribution in [0.5, 0.6) is 0 Å². The predicted molar refractivity (Wildman–Crippen MR) is 124 cm³/mol. The molecule has 3 atom stereocenters. The molecule has 3 amide bonds. The number of carbonyl (C=O) groups excluding carboxylic acids is 5. The molecular weight excluding hydrogens is 444 g/mol. The fourth-order valence-corrected chi connectivity index (χ4v) is 2.84. The summed E-state index contributed by atoms with van der Waals surface area (Å²) in [6.45, 7) is 8.69. The molecule has 6 N–H and O–H groups in total. The van der Waals surface area contributed by atoms with Crippen LogP contribution >= 0.6 is 0 Å². The molecule has 0 aromatic carbocycles. The molecule has 0 fully saturated rings. The highest BCUT2D eigenvalue weighted by atomic mass is 16.5. The van der Waals surface area contributed by atoms with Crippen molar-refractivity contribution < 1.29 is 33.5 Å². The lowest BCUT2D eigenvalue weighted by Crippen LogP contribution is -2.55. The van der Waals surface area contributed by atoms with Crippen LogP contribution in [0.1, 0.15) is 66.7 Å². The maximum absolute atomic E-state index is 13.0. The van der Waals surface area contributed by atoms with Gasteiger partial charge in [0.25, 0.3) is 0 Å².